The van der Waals surface area contributed by atoms with Crippen LogP contribution in [0.3, 0.4) is 0 Å². The van der Waals surface area contributed by atoms with E-state index in [1.165, 1.54) is 0 Å². The lowest BCUT2D eigenvalue weighted by atomic mass is 9.99. The Bertz CT molecular complexity index is 861. The Kier molecular flexibility index (Phi) is 5.27. The van der Waals surface area contributed by atoms with E-state index in [2.05, 4.69) is 15.9 Å². The zero-order valence-electron chi connectivity index (χ0n) is 12.2. The molecule has 0 aliphatic rings. The maximum atomic E-state index is 12.7. The minimum atomic E-state index is -4.78. The molecule has 0 amide bonds. The van der Waals surface area contributed by atoms with Crippen LogP contribution in [0.15, 0.2) is 46.9 Å². The van der Waals surface area contributed by atoms with Gasteiger partial charge in [-0.2, -0.15) is 13.2 Å². The van der Waals surface area contributed by atoms with Gasteiger partial charge < -0.3 is 5.11 Å². The van der Waals surface area contributed by atoms with Crippen LogP contribution in [0.25, 0.3) is 11.6 Å². The van der Waals surface area contributed by atoms with Crippen LogP contribution < -0.4 is 0 Å². The van der Waals surface area contributed by atoms with Gasteiger partial charge in [-0.25, -0.2) is 4.79 Å². The van der Waals surface area contributed by atoms with Crippen LogP contribution >= 0.6 is 15.9 Å². The van der Waals surface area contributed by atoms with Crippen molar-refractivity contribution in [1.82, 2.24) is 0 Å². The number of halogens is 4. The van der Waals surface area contributed by atoms with Crippen molar-refractivity contribution in [3.63, 3.8) is 0 Å². The number of rotatable bonds is 4. The molecule has 0 bridgehead atoms. The molecule has 0 spiro atoms. The summed E-state index contributed by atoms with van der Waals surface area (Å²) in [5.41, 5.74) is -2.62. The fourth-order valence-corrected chi connectivity index (χ4v) is 2.33. The van der Waals surface area contributed by atoms with Crippen LogP contribution in [0.4, 0.5) is 18.9 Å². The highest BCUT2D eigenvalue weighted by Gasteiger charge is 2.34. The third-order valence-electron chi connectivity index (χ3n) is 3.22. The van der Waals surface area contributed by atoms with Crippen LogP contribution in [0.5, 0.6) is 0 Å². The van der Waals surface area contributed by atoms with Gasteiger partial charge in [0.1, 0.15) is 0 Å². The number of nitro benzene ring substituents is 1. The molecule has 0 aliphatic heterocycles. The fraction of sp³-hybridized carbons (Fsp3) is 0.0625. The van der Waals surface area contributed by atoms with Crippen LogP contribution in [-0.2, 0) is 11.0 Å². The lowest BCUT2D eigenvalue weighted by molar-refractivity contribution is -0.385. The Balaban J connectivity index is 2.64. The second-order valence-corrected chi connectivity index (χ2v) is 5.82. The Morgan fingerprint density at radius 1 is 1.16 bits per heavy atom. The quantitative estimate of drug-likeness (QED) is 0.329. The maximum Gasteiger partial charge on any atom is 0.416 e. The van der Waals surface area contributed by atoms with E-state index in [1.54, 1.807) is 24.3 Å². The number of hydrogen-bond donors (Lipinski definition) is 1. The molecule has 9 heteroatoms. The first-order chi connectivity index (χ1) is 11.6. The molecule has 25 heavy (non-hydrogen) atoms. The highest BCUT2D eigenvalue weighted by atomic mass is 79.9. The second kappa shape index (κ2) is 7.06. The van der Waals surface area contributed by atoms with Crippen molar-refractivity contribution >= 4 is 39.2 Å². The molecule has 0 aromatic heterocycles. The summed E-state index contributed by atoms with van der Waals surface area (Å²) >= 11 is 3.21. The Hall–Kier alpha value is -2.68. The first-order valence-corrected chi connectivity index (χ1v) is 7.45. The second-order valence-electron chi connectivity index (χ2n) is 4.90. The Morgan fingerprint density at radius 3 is 2.24 bits per heavy atom. The van der Waals surface area contributed by atoms with E-state index in [1.807, 2.05) is 0 Å². The number of nitrogens with zero attached hydrogens (tertiary/aromatic N) is 1. The third kappa shape index (κ3) is 4.44. The van der Waals surface area contributed by atoms with Gasteiger partial charge in [0.25, 0.3) is 5.69 Å². The van der Waals surface area contributed by atoms with E-state index in [0.717, 1.165) is 16.6 Å². The smallest absolute Gasteiger partial charge is 0.416 e. The summed E-state index contributed by atoms with van der Waals surface area (Å²) in [4.78, 5) is 21.6. The van der Waals surface area contributed by atoms with E-state index < -0.39 is 39.5 Å². The van der Waals surface area contributed by atoms with Crippen molar-refractivity contribution in [1.29, 1.82) is 0 Å². The molecule has 0 atom stereocenters. The van der Waals surface area contributed by atoms with Gasteiger partial charge in [-0.15, -0.1) is 0 Å². The van der Waals surface area contributed by atoms with Crippen molar-refractivity contribution in [2.75, 3.05) is 0 Å². The molecule has 0 fully saturated rings. The van der Waals surface area contributed by atoms with E-state index in [4.69, 9.17) is 0 Å². The Morgan fingerprint density at radius 2 is 1.76 bits per heavy atom. The standard InChI is InChI=1S/C16H9BrF3NO4/c17-11-4-1-9(2-5-11)7-13(15(22)23)12-6-3-10(16(18,19)20)8-14(12)21(24)25/h1-8H,(H,22,23)/b13-7-. The zero-order chi connectivity index (χ0) is 18.8. The van der Waals surface area contributed by atoms with Crippen molar-refractivity contribution in [2.24, 2.45) is 0 Å². The molecule has 1 N–H and O–H groups in total. The lowest BCUT2D eigenvalue weighted by Crippen LogP contribution is -2.08. The first kappa shape index (κ1) is 18.7. The van der Waals surface area contributed by atoms with Crippen LogP contribution in [0.2, 0.25) is 0 Å². The number of carboxylic acid groups (broad SMARTS) is 1. The predicted molar refractivity (Wildman–Crippen MR) is 87.7 cm³/mol. The summed E-state index contributed by atoms with van der Waals surface area (Å²) in [6.07, 6.45) is -3.62. The van der Waals surface area contributed by atoms with Crippen LogP contribution in [0, 0.1) is 10.1 Å². The van der Waals surface area contributed by atoms with Crippen molar-refractivity contribution in [3.8, 4) is 0 Å². The minimum absolute atomic E-state index is 0.327. The van der Waals surface area contributed by atoms with E-state index in [9.17, 15) is 33.2 Å². The number of aliphatic carboxylic acids is 1. The average Bonchev–Trinajstić information content (AvgIpc) is 2.52. The van der Waals surface area contributed by atoms with Gasteiger partial charge in [-0.05, 0) is 35.9 Å². The molecule has 0 heterocycles. The monoisotopic (exact) mass is 415 g/mol. The maximum absolute atomic E-state index is 12.7. The largest absolute Gasteiger partial charge is 0.478 e. The molecule has 0 radical (unpaired) electrons. The molecule has 2 rings (SSSR count). The van der Waals surface area contributed by atoms with Gasteiger partial charge >= 0.3 is 12.1 Å². The topological polar surface area (TPSA) is 80.4 Å². The molecule has 130 valence electrons. The normalized spacial score (nSPS) is 12.1. The van der Waals surface area contributed by atoms with E-state index >= 15 is 0 Å². The molecule has 2 aromatic carbocycles. The number of nitro groups is 1. The van der Waals surface area contributed by atoms with E-state index in [0.29, 0.717) is 17.7 Å². The molecule has 0 aliphatic carbocycles. The number of benzene rings is 2. The number of carbonyl (C=O) groups is 1. The van der Waals surface area contributed by atoms with Gasteiger partial charge in [0.2, 0.25) is 0 Å². The zero-order valence-corrected chi connectivity index (χ0v) is 13.8. The molecular formula is C16H9BrF3NO4. The van der Waals surface area contributed by atoms with Gasteiger partial charge in [0, 0.05) is 10.5 Å². The van der Waals surface area contributed by atoms with Gasteiger partial charge in [0.05, 0.1) is 21.6 Å². The van der Waals surface area contributed by atoms with Gasteiger partial charge in [0.15, 0.2) is 0 Å². The lowest BCUT2D eigenvalue weighted by Gasteiger charge is -2.09. The molecule has 0 unspecified atom stereocenters. The van der Waals surface area contributed by atoms with Crippen molar-refractivity contribution in [3.05, 3.63) is 73.7 Å². The number of alkyl halides is 3. The average molecular weight is 416 g/mol. The number of carboxylic acids is 1. The fourth-order valence-electron chi connectivity index (χ4n) is 2.07. The summed E-state index contributed by atoms with van der Waals surface area (Å²) in [6, 6.07) is 8.11. The van der Waals surface area contributed by atoms with Crippen LogP contribution in [0.1, 0.15) is 16.7 Å². The molecule has 2 aromatic rings. The molecular weight excluding hydrogens is 407 g/mol. The third-order valence-corrected chi connectivity index (χ3v) is 3.75. The SMILES string of the molecule is O=C(O)/C(=C\c1ccc(Br)cc1)c1ccc(C(F)(F)F)cc1[N+](=O)[O-]. The van der Waals surface area contributed by atoms with Gasteiger partial charge in [-0.1, -0.05) is 28.1 Å². The first-order valence-electron chi connectivity index (χ1n) is 6.66. The number of hydrogen-bond acceptors (Lipinski definition) is 3. The Labute approximate surface area is 147 Å². The molecule has 0 saturated carbocycles. The highest BCUT2D eigenvalue weighted by Crippen LogP contribution is 2.35. The van der Waals surface area contributed by atoms with Crippen molar-refractivity contribution in [2.45, 2.75) is 6.18 Å². The van der Waals surface area contributed by atoms with E-state index in [-0.39, 0.29) is 0 Å². The molecule has 5 nitrogen and oxygen atoms in total. The summed E-state index contributed by atoms with van der Waals surface area (Å²) in [5.74, 6) is -1.49. The summed E-state index contributed by atoms with van der Waals surface area (Å²) < 4.78 is 39.0. The van der Waals surface area contributed by atoms with Crippen molar-refractivity contribution < 1.29 is 28.0 Å². The van der Waals surface area contributed by atoms with Crippen LogP contribution in [-0.4, -0.2) is 16.0 Å². The molecule has 0 saturated heterocycles. The highest BCUT2D eigenvalue weighted by molar-refractivity contribution is 9.10. The van der Waals surface area contributed by atoms with Gasteiger partial charge in [-0.3, -0.25) is 10.1 Å². The minimum Gasteiger partial charge on any atom is -0.478 e. The summed E-state index contributed by atoms with van der Waals surface area (Å²) in [7, 11) is 0. The summed E-state index contributed by atoms with van der Waals surface area (Å²) in [5, 5.41) is 20.5. The summed E-state index contributed by atoms with van der Waals surface area (Å²) in [6.45, 7) is 0. The predicted octanol–water partition coefficient (Wildman–Crippen LogP) is 5.00.